The lowest BCUT2D eigenvalue weighted by molar-refractivity contribution is 0.778. The zero-order valence-electron chi connectivity index (χ0n) is 11.4. The summed E-state index contributed by atoms with van der Waals surface area (Å²) in [4.78, 5) is 11.8. The third-order valence-electron chi connectivity index (χ3n) is 2.48. The van der Waals surface area contributed by atoms with Crippen LogP contribution in [0.2, 0.25) is 0 Å². The highest BCUT2D eigenvalue weighted by molar-refractivity contribution is 7.18. The third kappa shape index (κ3) is 3.17. The van der Waals surface area contributed by atoms with Gasteiger partial charge in [-0.15, -0.1) is 10.2 Å². The Bertz CT molecular complexity index is 617. The van der Waals surface area contributed by atoms with E-state index in [2.05, 4.69) is 25.7 Å². The molecule has 0 amide bonds. The average molecular weight is 279 g/mol. The molecule has 2 heterocycles. The minimum Gasteiger partial charge on any atom is -0.358 e. The highest BCUT2D eigenvalue weighted by atomic mass is 32.1. The summed E-state index contributed by atoms with van der Waals surface area (Å²) < 4.78 is 0. The van der Waals surface area contributed by atoms with Crippen molar-refractivity contribution in [2.24, 2.45) is 0 Å². The molecule has 0 bridgehead atoms. The van der Waals surface area contributed by atoms with Crippen LogP contribution in [-0.4, -0.2) is 26.4 Å². The third-order valence-corrected chi connectivity index (χ3v) is 3.37. The topological polar surface area (TPSA) is 83.6 Å². The van der Waals surface area contributed by atoms with Crippen LogP contribution >= 0.6 is 11.3 Å². The Morgan fingerprint density at radius 2 is 2.00 bits per heavy atom. The number of anilines is 1. The van der Waals surface area contributed by atoms with E-state index in [-0.39, 0.29) is 17.5 Å². The Balaban J connectivity index is 2.38. The van der Waals surface area contributed by atoms with Gasteiger partial charge in [-0.05, 0) is 25.8 Å². The van der Waals surface area contributed by atoms with E-state index < -0.39 is 0 Å². The molecular formula is C12H17N5OS. The molecule has 2 rings (SSSR count). The van der Waals surface area contributed by atoms with Crippen molar-refractivity contribution in [3.8, 4) is 10.6 Å². The molecule has 0 aliphatic carbocycles. The van der Waals surface area contributed by atoms with E-state index in [0.29, 0.717) is 15.7 Å². The average Bonchev–Trinajstić information content (AvgIpc) is 2.76. The first-order valence-electron chi connectivity index (χ1n) is 6.17. The van der Waals surface area contributed by atoms with Crippen molar-refractivity contribution in [1.29, 1.82) is 0 Å². The number of nitrogens with one attached hydrogen (secondary N) is 2. The Hall–Kier alpha value is -1.76. The van der Waals surface area contributed by atoms with Gasteiger partial charge in [-0.3, -0.25) is 4.79 Å². The van der Waals surface area contributed by atoms with Crippen LogP contribution in [-0.2, 0) is 0 Å². The quantitative estimate of drug-likeness (QED) is 0.896. The summed E-state index contributed by atoms with van der Waals surface area (Å²) in [6.45, 7) is 8.10. The largest absolute Gasteiger partial charge is 0.358 e. The molecule has 0 unspecified atom stereocenters. The van der Waals surface area contributed by atoms with E-state index in [4.69, 9.17) is 0 Å². The fraction of sp³-hybridized carbons (Fsp3) is 0.500. The lowest BCUT2D eigenvalue weighted by Gasteiger charge is -2.04. The van der Waals surface area contributed by atoms with E-state index in [1.54, 1.807) is 6.07 Å². The highest BCUT2D eigenvalue weighted by Crippen LogP contribution is 2.25. The molecular weight excluding hydrogens is 262 g/mol. The lowest BCUT2D eigenvalue weighted by atomic mass is 10.1. The van der Waals surface area contributed by atoms with Crippen molar-refractivity contribution < 1.29 is 0 Å². The first-order valence-corrected chi connectivity index (χ1v) is 6.99. The van der Waals surface area contributed by atoms with E-state index in [0.717, 1.165) is 5.69 Å². The zero-order chi connectivity index (χ0) is 14.0. The summed E-state index contributed by atoms with van der Waals surface area (Å²) in [5.41, 5.74) is 1.12. The second-order valence-corrected chi connectivity index (χ2v) is 5.88. The van der Waals surface area contributed by atoms with Crippen LogP contribution in [0.5, 0.6) is 0 Å². The first kappa shape index (κ1) is 13.7. The van der Waals surface area contributed by atoms with Crippen molar-refractivity contribution in [2.75, 3.05) is 5.32 Å². The summed E-state index contributed by atoms with van der Waals surface area (Å²) >= 11 is 1.37. The van der Waals surface area contributed by atoms with Crippen LogP contribution in [0, 0.1) is 0 Å². The molecule has 0 fully saturated rings. The molecule has 7 heteroatoms. The normalized spacial score (nSPS) is 11.3. The number of aromatic amines is 1. The molecule has 2 aromatic rings. The predicted octanol–water partition coefficient (Wildman–Crippen LogP) is 2.23. The lowest BCUT2D eigenvalue weighted by Crippen LogP contribution is -2.13. The number of H-pyrrole nitrogens is 1. The SMILES string of the molecule is CC(C)Nc1nnc(-c2cc(C(C)C)n[nH]c2=O)s1. The molecule has 6 nitrogen and oxygen atoms in total. The van der Waals surface area contributed by atoms with Crippen LogP contribution in [0.3, 0.4) is 0 Å². The van der Waals surface area contributed by atoms with Gasteiger partial charge in [0.1, 0.15) is 0 Å². The summed E-state index contributed by atoms with van der Waals surface area (Å²) in [6.07, 6.45) is 0. The van der Waals surface area contributed by atoms with E-state index in [9.17, 15) is 4.79 Å². The van der Waals surface area contributed by atoms with Gasteiger partial charge in [0.15, 0.2) is 5.01 Å². The van der Waals surface area contributed by atoms with Crippen LogP contribution in [0.4, 0.5) is 5.13 Å². The minimum absolute atomic E-state index is 0.239. The van der Waals surface area contributed by atoms with Gasteiger partial charge in [-0.25, -0.2) is 5.10 Å². The molecule has 0 spiro atoms. The zero-order valence-corrected chi connectivity index (χ0v) is 12.2. The van der Waals surface area contributed by atoms with Crippen molar-refractivity contribution in [2.45, 2.75) is 39.7 Å². The first-order chi connectivity index (χ1) is 8.97. The summed E-state index contributed by atoms with van der Waals surface area (Å²) in [6, 6.07) is 2.06. The van der Waals surface area contributed by atoms with Gasteiger partial charge >= 0.3 is 0 Å². The van der Waals surface area contributed by atoms with E-state index in [1.807, 2.05) is 27.7 Å². The van der Waals surface area contributed by atoms with Gasteiger partial charge in [-0.1, -0.05) is 25.2 Å². The van der Waals surface area contributed by atoms with Crippen molar-refractivity contribution in [3.63, 3.8) is 0 Å². The molecule has 0 aliphatic heterocycles. The Morgan fingerprint density at radius 3 is 2.63 bits per heavy atom. The number of hydrogen-bond donors (Lipinski definition) is 2. The maximum Gasteiger partial charge on any atom is 0.274 e. The molecule has 0 saturated carbocycles. The van der Waals surface area contributed by atoms with Gasteiger partial charge in [0.05, 0.1) is 11.3 Å². The van der Waals surface area contributed by atoms with E-state index in [1.165, 1.54) is 11.3 Å². The second-order valence-electron chi connectivity index (χ2n) is 4.90. The molecule has 0 aliphatic rings. The number of rotatable bonds is 4. The Labute approximate surface area is 115 Å². The van der Waals surface area contributed by atoms with Crippen molar-refractivity contribution in [3.05, 3.63) is 22.1 Å². The summed E-state index contributed by atoms with van der Waals surface area (Å²) in [5, 5.41) is 19.1. The summed E-state index contributed by atoms with van der Waals surface area (Å²) in [7, 11) is 0. The Kier molecular flexibility index (Phi) is 3.94. The number of hydrogen-bond acceptors (Lipinski definition) is 6. The molecule has 0 aromatic carbocycles. The van der Waals surface area contributed by atoms with Gasteiger partial charge in [0.2, 0.25) is 5.13 Å². The number of aromatic nitrogens is 4. The summed E-state index contributed by atoms with van der Waals surface area (Å²) in [5.74, 6) is 0.247. The van der Waals surface area contributed by atoms with Gasteiger partial charge in [-0.2, -0.15) is 5.10 Å². The molecule has 0 radical (unpaired) electrons. The van der Waals surface area contributed by atoms with Crippen molar-refractivity contribution >= 4 is 16.5 Å². The standard InChI is InChI=1S/C12H17N5OS/c1-6(2)9-5-8(10(18)15-14-9)11-16-17-12(19-11)13-7(3)4/h5-7H,1-4H3,(H,13,17)(H,15,18). The van der Waals surface area contributed by atoms with Crippen LogP contribution in [0.25, 0.3) is 10.6 Å². The smallest absolute Gasteiger partial charge is 0.274 e. The maximum atomic E-state index is 11.8. The molecule has 2 aromatic heterocycles. The predicted molar refractivity (Wildman–Crippen MR) is 76.6 cm³/mol. The fourth-order valence-electron chi connectivity index (χ4n) is 1.51. The van der Waals surface area contributed by atoms with Gasteiger partial charge in [0, 0.05) is 6.04 Å². The molecule has 0 atom stereocenters. The van der Waals surface area contributed by atoms with Crippen LogP contribution in [0.1, 0.15) is 39.3 Å². The minimum atomic E-state index is -0.239. The highest BCUT2D eigenvalue weighted by Gasteiger charge is 2.13. The molecule has 19 heavy (non-hydrogen) atoms. The van der Waals surface area contributed by atoms with Gasteiger partial charge < -0.3 is 5.32 Å². The maximum absolute atomic E-state index is 11.8. The van der Waals surface area contributed by atoms with Crippen LogP contribution < -0.4 is 10.9 Å². The monoisotopic (exact) mass is 279 g/mol. The van der Waals surface area contributed by atoms with Gasteiger partial charge in [0.25, 0.3) is 5.56 Å². The molecule has 102 valence electrons. The van der Waals surface area contributed by atoms with E-state index >= 15 is 0 Å². The number of nitrogens with zero attached hydrogens (tertiary/aromatic N) is 3. The van der Waals surface area contributed by atoms with Crippen molar-refractivity contribution in [1.82, 2.24) is 20.4 Å². The molecule has 2 N–H and O–H groups in total. The fourth-order valence-corrected chi connectivity index (χ4v) is 2.42. The second kappa shape index (κ2) is 5.48. The molecule has 0 saturated heterocycles. The van der Waals surface area contributed by atoms with Crippen LogP contribution in [0.15, 0.2) is 10.9 Å². The Morgan fingerprint density at radius 1 is 1.26 bits per heavy atom.